The summed E-state index contributed by atoms with van der Waals surface area (Å²) < 4.78 is 40.3. The number of hydrogen-bond acceptors (Lipinski definition) is 5. The van der Waals surface area contributed by atoms with Crippen LogP contribution >= 0.6 is 0 Å². The van der Waals surface area contributed by atoms with E-state index in [4.69, 9.17) is 9.47 Å². The SMILES string of the molecule is CC(=O)Nc1cc(-c2cc(F)c(OC[C@H](CC(C)C)NC(=O)OC(C)(C)C)cc2F)ccn1. The molecule has 0 saturated heterocycles. The predicted octanol–water partition coefficient (Wildman–Crippen LogP) is 5.30. The molecule has 0 unspecified atom stereocenters. The average Bonchev–Trinajstić information content (AvgIpc) is 2.65. The van der Waals surface area contributed by atoms with E-state index >= 15 is 0 Å². The van der Waals surface area contributed by atoms with Gasteiger partial charge in [-0.3, -0.25) is 4.79 Å². The first-order valence-electron chi connectivity index (χ1n) is 10.7. The Kier molecular flexibility index (Phi) is 8.73. The van der Waals surface area contributed by atoms with Crippen LogP contribution in [0.1, 0.15) is 48.0 Å². The van der Waals surface area contributed by atoms with Gasteiger partial charge in [0.1, 0.15) is 23.8 Å². The number of nitrogens with one attached hydrogen (secondary N) is 2. The van der Waals surface area contributed by atoms with E-state index < -0.39 is 29.4 Å². The number of pyridine rings is 1. The molecule has 0 aliphatic rings. The molecule has 0 fully saturated rings. The maximum Gasteiger partial charge on any atom is 0.407 e. The van der Waals surface area contributed by atoms with Gasteiger partial charge in [0, 0.05) is 24.8 Å². The lowest BCUT2D eigenvalue weighted by atomic mass is 10.0. The molecule has 0 aliphatic carbocycles. The number of ether oxygens (including phenoxy) is 2. The highest BCUT2D eigenvalue weighted by Crippen LogP contribution is 2.30. The number of anilines is 1. The van der Waals surface area contributed by atoms with Crippen molar-refractivity contribution in [2.45, 2.75) is 59.6 Å². The number of hydrogen-bond donors (Lipinski definition) is 2. The Morgan fingerprint density at radius 3 is 2.42 bits per heavy atom. The second-order valence-electron chi connectivity index (χ2n) is 9.16. The van der Waals surface area contributed by atoms with Gasteiger partial charge < -0.3 is 20.1 Å². The second kappa shape index (κ2) is 11.1. The van der Waals surface area contributed by atoms with Crippen LogP contribution in [0.15, 0.2) is 30.5 Å². The molecule has 2 N–H and O–H groups in total. The fraction of sp³-hybridized carbons (Fsp3) is 0.458. The fourth-order valence-corrected chi connectivity index (χ4v) is 3.11. The van der Waals surface area contributed by atoms with Gasteiger partial charge >= 0.3 is 6.09 Å². The van der Waals surface area contributed by atoms with E-state index in [0.717, 1.165) is 12.1 Å². The van der Waals surface area contributed by atoms with Gasteiger partial charge in [-0.1, -0.05) is 13.8 Å². The molecular weight excluding hydrogens is 432 g/mol. The lowest BCUT2D eigenvalue weighted by molar-refractivity contribution is -0.114. The highest BCUT2D eigenvalue weighted by atomic mass is 19.1. The van der Waals surface area contributed by atoms with Gasteiger partial charge in [0.2, 0.25) is 5.91 Å². The van der Waals surface area contributed by atoms with Crippen LogP contribution in [0.4, 0.5) is 19.4 Å². The quantitative estimate of drug-likeness (QED) is 0.554. The number of carbonyl (C=O) groups is 2. The average molecular weight is 464 g/mol. The molecule has 1 aromatic heterocycles. The molecule has 2 aromatic rings. The van der Waals surface area contributed by atoms with Crippen LogP contribution in [0, 0.1) is 17.6 Å². The Morgan fingerprint density at radius 2 is 1.82 bits per heavy atom. The summed E-state index contributed by atoms with van der Waals surface area (Å²) in [5, 5.41) is 5.23. The topological polar surface area (TPSA) is 89.6 Å². The summed E-state index contributed by atoms with van der Waals surface area (Å²) in [4.78, 5) is 27.3. The van der Waals surface area contributed by atoms with Crippen molar-refractivity contribution >= 4 is 17.8 Å². The van der Waals surface area contributed by atoms with E-state index in [1.165, 1.54) is 25.3 Å². The molecule has 0 bridgehead atoms. The molecule has 9 heteroatoms. The van der Waals surface area contributed by atoms with Gasteiger partial charge in [0.05, 0.1) is 6.04 Å². The minimum absolute atomic E-state index is 0.000498. The number of rotatable bonds is 8. The normalized spacial score (nSPS) is 12.3. The Labute approximate surface area is 192 Å². The summed E-state index contributed by atoms with van der Waals surface area (Å²) in [7, 11) is 0. The second-order valence-corrected chi connectivity index (χ2v) is 9.16. The zero-order chi connectivity index (χ0) is 24.8. The number of amides is 2. The van der Waals surface area contributed by atoms with Crippen LogP contribution in [0.3, 0.4) is 0 Å². The first-order chi connectivity index (χ1) is 15.3. The third-order valence-corrected chi connectivity index (χ3v) is 4.31. The van der Waals surface area contributed by atoms with Crippen molar-refractivity contribution in [3.05, 3.63) is 42.1 Å². The van der Waals surface area contributed by atoms with Crippen LogP contribution in [0.25, 0.3) is 11.1 Å². The van der Waals surface area contributed by atoms with Crippen LogP contribution in [-0.2, 0) is 9.53 Å². The highest BCUT2D eigenvalue weighted by Gasteiger charge is 2.22. The van der Waals surface area contributed by atoms with Gasteiger partial charge in [0.25, 0.3) is 0 Å². The van der Waals surface area contributed by atoms with E-state index in [9.17, 15) is 18.4 Å². The van der Waals surface area contributed by atoms with E-state index in [1.54, 1.807) is 20.8 Å². The number of benzene rings is 1. The molecule has 2 rings (SSSR count). The molecule has 180 valence electrons. The van der Waals surface area contributed by atoms with Crippen LogP contribution < -0.4 is 15.4 Å². The van der Waals surface area contributed by atoms with E-state index in [1.807, 2.05) is 13.8 Å². The number of carbonyl (C=O) groups excluding carboxylic acids is 2. The summed E-state index contributed by atoms with van der Waals surface area (Å²) in [6.07, 6.45) is 1.34. The molecule has 0 spiro atoms. The molecule has 0 saturated carbocycles. The number of alkyl carbamates (subject to hydrolysis) is 1. The van der Waals surface area contributed by atoms with Crippen molar-refractivity contribution < 1.29 is 27.8 Å². The Balaban J connectivity index is 2.16. The van der Waals surface area contributed by atoms with Gasteiger partial charge in [-0.05, 0) is 56.9 Å². The Hall–Kier alpha value is -3.23. The fourth-order valence-electron chi connectivity index (χ4n) is 3.11. The molecule has 1 atom stereocenters. The Morgan fingerprint density at radius 1 is 1.12 bits per heavy atom. The van der Waals surface area contributed by atoms with E-state index in [-0.39, 0.29) is 35.6 Å². The minimum Gasteiger partial charge on any atom is -0.488 e. The van der Waals surface area contributed by atoms with Crippen LogP contribution in [0.2, 0.25) is 0 Å². The van der Waals surface area contributed by atoms with Gasteiger partial charge in [-0.15, -0.1) is 0 Å². The summed E-state index contributed by atoms with van der Waals surface area (Å²) in [6.45, 7) is 10.5. The Bertz CT molecular complexity index is 990. The maximum atomic E-state index is 14.8. The van der Waals surface area contributed by atoms with Crippen molar-refractivity contribution in [2.75, 3.05) is 11.9 Å². The molecular formula is C24H31F2N3O4. The zero-order valence-corrected chi connectivity index (χ0v) is 19.8. The van der Waals surface area contributed by atoms with Crippen molar-refractivity contribution in [3.63, 3.8) is 0 Å². The molecule has 0 aliphatic heterocycles. The third kappa shape index (κ3) is 8.67. The monoisotopic (exact) mass is 463 g/mol. The molecule has 33 heavy (non-hydrogen) atoms. The third-order valence-electron chi connectivity index (χ3n) is 4.31. The molecule has 1 heterocycles. The summed E-state index contributed by atoms with van der Waals surface area (Å²) >= 11 is 0. The van der Waals surface area contributed by atoms with E-state index in [0.29, 0.717) is 12.0 Å². The predicted molar refractivity (Wildman–Crippen MR) is 122 cm³/mol. The first-order valence-corrected chi connectivity index (χ1v) is 10.7. The standard InChI is InChI=1S/C24H31F2N3O4/c1-14(2)9-17(29-23(31)33-24(4,5)6)13-32-21-12-19(25)18(11-20(21)26)16-7-8-27-22(10-16)28-15(3)30/h7-8,10-12,14,17H,9,13H2,1-6H3,(H,29,31)(H,27,28,30)/t17-/m0/s1. The summed E-state index contributed by atoms with van der Waals surface area (Å²) in [5.74, 6) is -1.61. The lowest BCUT2D eigenvalue weighted by Crippen LogP contribution is -2.42. The first kappa shape index (κ1) is 26.0. The number of halogens is 2. The van der Waals surface area contributed by atoms with Crippen LogP contribution in [-0.4, -0.2) is 35.2 Å². The van der Waals surface area contributed by atoms with Crippen molar-refractivity contribution in [3.8, 4) is 16.9 Å². The maximum absolute atomic E-state index is 14.8. The van der Waals surface area contributed by atoms with Gasteiger partial charge in [0.15, 0.2) is 11.6 Å². The van der Waals surface area contributed by atoms with Gasteiger partial charge in [-0.25, -0.2) is 18.6 Å². The molecule has 0 radical (unpaired) electrons. The molecule has 7 nitrogen and oxygen atoms in total. The van der Waals surface area contributed by atoms with Crippen molar-refractivity contribution in [1.82, 2.24) is 10.3 Å². The summed E-state index contributed by atoms with van der Waals surface area (Å²) in [6, 6.07) is 4.48. The number of aromatic nitrogens is 1. The highest BCUT2D eigenvalue weighted by molar-refractivity contribution is 5.88. The van der Waals surface area contributed by atoms with Crippen molar-refractivity contribution in [2.24, 2.45) is 5.92 Å². The smallest absolute Gasteiger partial charge is 0.407 e. The number of nitrogens with zero attached hydrogens (tertiary/aromatic N) is 1. The molecule has 1 aromatic carbocycles. The zero-order valence-electron chi connectivity index (χ0n) is 19.8. The van der Waals surface area contributed by atoms with Crippen molar-refractivity contribution in [1.29, 1.82) is 0 Å². The van der Waals surface area contributed by atoms with Crippen LogP contribution in [0.5, 0.6) is 5.75 Å². The minimum atomic E-state index is -0.759. The van der Waals surface area contributed by atoms with Gasteiger partial charge in [-0.2, -0.15) is 0 Å². The van der Waals surface area contributed by atoms with E-state index in [2.05, 4.69) is 15.6 Å². The largest absolute Gasteiger partial charge is 0.488 e. The summed E-state index contributed by atoms with van der Waals surface area (Å²) in [5.41, 5.74) is -0.314. The lowest BCUT2D eigenvalue weighted by Gasteiger charge is -2.25. The molecule has 2 amide bonds.